The molecule has 1 fully saturated rings. The SMILES string of the molecule is Cc1ccc(C(=O)N2CCCC(CCN)C2)cc1. The Morgan fingerprint density at radius 1 is 1.39 bits per heavy atom. The molecule has 3 heteroatoms. The van der Waals surface area contributed by atoms with Gasteiger partial charge in [-0.25, -0.2) is 0 Å². The predicted molar refractivity (Wildman–Crippen MR) is 73.5 cm³/mol. The third-order valence-corrected chi connectivity index (χ3v) is 3.68. The number of carbonyl (C=O) groups excluding carboxylic acids is 1. The van der Waals surface area contributed by atoms with Gasteiger partial charge in [0.15, 0.2) is 0 Å². The predicted octanol–water partition coefficient (Wildman–Crippen LogP) is 2.20. The van der Waals surface area contributed by atoms with Crippen molar-refractivity contribution in [3.63, 3.8) is 0 Å². The van der Waals surface area contributed by atoms with Crippen molar-refractivity contribution in [3.8, 4) is 0 Å². The molecule has 0 spiro atoms. The third kappa shape index (κ3) is 3.10. The number of nitrogens with two attached hydrogens (primary N) is 1. The molecule has 0 aliphatic carbocycles. The molecule has 2 N–H and O–H groups in total. The fraction of sp³-hybridized carbons (Fsp3) is 0.533. The molecule has 98 valence electrons. The molecule has 2 rings (SSSR count). The number of amides is 1. The Hall–Kier alpha value is -1.35. The lowest BCUT2D eigenvalue weighted by Crippen LogP contribution is -2.40. The molecule has 0 saturated carbocycles. The van der Waals surface area contributed by atoms with E-state index in [1.165, 1.54) is 12.0 Å². The summed E-state index contributed by atoms with van der Waals surface area (Å²) in [7, 11) is 0. The quantitative estimate of drug-likeness (QED) is 0.888. The van der Waals surface area contributed by atoms with Crippen LogP contribution in [-0.4, -0.2) is 30.4 Å². The molecule has 18 heavy (non-hydrogen) atoms. The zero-order valence-corrected chi connectivity index (χ0v) is 11.1. The number of hydrogen-bond donors (Lipinski definition) is 1. The summed E-state index contributed by atoms with van der Waals surface area (Å²) in [6.07, 6.45) is 3.33. The first-order valence-electron chi connectivity index (χ1n) is 6.76. The maximum atomic E-state index is 12.4. The van der Waals surface area contributed by atoms with Crippen molar-refractivity contribution in [1.29, 1.82) is 0 Å². The first-order valence-corrected chi connectivity index (χ1v) is 6.76. The van der Waals surface area contributed by atoms with Gasteiger partial charge >= 0.3 is 0 Å². The van der Waals surface area contributed by atoms with Crippen LogP contribution in [0.15, 0.2) is 24.3 Å². The van der Waals surface area contributed by atoms with Crippen molar-refractivity contribution >= 4 is 5.91 Å². The van der Waals surface area contributed by atoms with E-state index in [2.05, 4.69) is 0 Å². The van der Waals surface area contributed by atoms with Crippen LogP contribution >= 0.6 is 0 Å². The molecule has 0 aromatic heterocycles. The van der Waals surface area contributed by atoms with Gasteiger partial charge in [-0.15, -0.1) is 0 Å². The second-order valence-corrected chi connectivity index (χ2v) is 5.20. The van der Waals surface area contributed by atoms with Gasteiger partial charge < -0.3 is 10.6 Å². The highest BCUT2D eigenvalue weighted by Gasteiger charge is 2.23. The minimum Gasteiger partial charge on any atom is -0.338 e. The normalized spacial score (nSPS) is 19.9. The molecule has 1 aliphatic rings. The zero-order valence-electron chi connectivity index (χ0n) is 11.1. The molecule has 1 aromatic rings. The van der Waals surface area contributed by atoms with Crippen LogP contribution < -0.4 is 5.73 Å². The van der Waals surface area contributed by atoms with Crippen molar-refractivity contribution in [2.75, 3.05) is 19.6 Å². The number of benzene rings is 1. The molecule has 1 aliphatic heterocycles. The van der Waals surface area contributed by atoms with E-state index < -0.39 is 0 Å². The van der Waals surface area contributed by atoms with Crippen molar-refractivity contribution < 1.29 is 4.79 Å². The number of likely N-dealkylation sites (tertiary alicyclic amines) is 1. The number of piperidine rings is 1. The Morgan fingerprint density at radius 2 is 2.11 bits per heavy atom. The molecule has 0 radical (unpaired) electrons. The highest BCUT2D eigenvalue weighted by atomic mass is 16.2. The monoisotopic (exact) mass is 246 g/mol. The topological polar surface area (TPSA) is 46.3 Å². The van der Waals surface area contributed by atoms with E-state index in [0.29, 0.717) is 5.92 Å². The molecule has 1 atom stereocenters. The molecule has 1 aromatic carbocycles. The van der Waals surface area contributed by atoms with Crippen LogP contribution in [-0.2, 0) is 0 Å². The number of hydrogen-bond acceptors (Lipinski definition) is 2. The van der Waals surface area contributed by atoms with Crippen LogP contribution in [0.5, 0.6) is 0 Å². The zero-order chi connectivity index (χ0) is 13.0. The fourth-order valence-corrected chi connectivity index (χ4v) is 2.60. The maximum absolute atomic E-state index is 12.4. The van der Waals surface area contributed by atoms with Crippen LogP contribution in [0, 0.1) is 12.8 Å². The van der Waals surface area contributed by atoms with Crippen LogP contribution in [0.2, 0.25) is 0 Å². The minimum absolute atomic E-state index is 0.164. The number of aryl methyl sites for hydroxylation is 1. The summed E-state index contributed by atoms with van der Waals surface area (Å²) in [5, 5.41) is 0. The Balaban J connectivity index is 2.02. The van der Waals surface area contributed by atoms with Crippen LogP contribution in [0.1, 0.15) is 35.2 Å². The standard InChI is InChI=1S/C15H22N2O/c1-12-4-6-14(7-5-12)15(18)17-10-2-3-13(11-17)8-9-16/h4-7,13H,2-3,8-11,16H2,1H3. The van der Waals surface area contributed by atoms with E-state index in [9.17, 15) is 4.79 Å². The van der Waals surface area contributed by atoms with Crippen molar-refractivity contribution in [1.82, 2.24) is 4.90 Å². The molecule has 1 unspecified atom stereocenters. The van der Waals surface area contributed by atoms with Gasteiger partial charge in [0.05, 0.1) is 0 Å². The van der Waals surface area contributed by atoms with Gasteiger partial charge in [0.25, 0.3) is 5.91 Å². The van der Waals surface area contributed by atoms with Crippen LogP contribution in [0.25, 0.3) is 0 Å². The first-order chi connectivity index (χ1) is 8.70. The van der Waals surface area contributed by atoms with E-state index >= 15 is 0 Å². The Kier molecular flexibility index (Phi) is 4.37. The van der Waals surface area contributed by atoms with Gasteiger partial charge in [0.2, 0.25) is 0 Å². The van der Waals surface area contributed by atoms with Crippen molar-refractivity contribution in [3.05, 3.63) is 35.4 Å². The van der Waals surface area contributed by atoms with Gasteiger partial charge in [-0.3, -0.25) is 4.79 Å². The largest absolute Gasteiger partial charge is 0.338 e. The molecular formula is C15H22N2O. The molecule has 1 heterocycles. The third-order valence-electron chi connectivity index (χ3n) is 3.68. The Morgan fingerprint density at radius 3 is 2.78 bits per heavy atom. The summed E-state index contributed by atoms with van der Waals surface area (Å²) < 4.78 is 0. The highest BCUT2D eigenvalue weighted by molar-refractivity contribution is 5.94. The summed E-state index contributed by atoms with van der Waals surface area (Å²) in [4.78, 5) is 14.3. The lowest BCUT2D eigenvalue weighted by Gasteiger charge is -2.32. The summed E-state index contributed by atoms with van der Waals surface area (Å²) >= 11 is 0. The van der Waals surface area contributed by atoms with E-state index in [0.717, 1.165) is 38.0 Å². The maximum Gasteiger partial charge on any atom is 0.253 e. The van der Waals surface area contributed by atoms with Gasteiger partial charge in [-0.1, -0.05) is 17.7 Å². The lowest BCUT2D eigenvalue weighted by molar-refractivity contribution is 0.0669. The summed E-state index contributed by atoms with van der Waals surface area (Å²) in [5.41, 5.74) is 7.59. The molecule has 0 bridgehead atoms. The van der Waals surface area contributed by atoms with Gasteiger partial charge in [0.1, 0.15) is 0 Å². The Bertz CT molecular complexity index is 397. The second kappa shape index (κ2) is 6.01. The lowest BCUT2D eigenvalue weighted by atomic mass is 9.94. The van der Waals surface area contributed by atoms with Gasteiger partial charge in [-0.2, -0.15) is 0 Å². The number of nitrogens with zero attached hydrogens (tertiary/aromatic N) is 1. The van der Waals surface area contributed by atoms with E-state index in [-0.39, 0.29) is 5.91 Å². The van der Waals surface area contributed by atoms with E-state index in [1.54, 1.807) is 0 Å². The average Bonchev–Trinajstić information content (AvgIpc) is 2.39. The molecular weight excluding hydrogens is 224 g/mol. The summed E-state index contributed by atoms with van der Waals surface area (Å²) in [6.45, 7) is 4.50. The Labute approximate surface area is 109 Å². The highest BCUT2D eigenvalue weighted by Crippen LogP contribution is 2.20. The second-order valence-electron chi connectivity index (χ2n) is 5.20. The number of carbonyl (C=O) groups is 1. The van der Waals surface area contributed by atoms with Crippen molar-refractivity contribution in [2.45, 2.75) is 26.2 Å². The molecule has 3 nitrogen and oxygen atoms in total. The summed E-state index contributed by atoms with van der Waals surface area (Å²) in [5.74, 6) is 0.745. The smallest absolute Gasteiger partial charge is 0.253 e. The van der Waals surface area contributed by atoms with Gasteiger partial charge in [-0.05, 0) is 50.8 Å². The van der Waals surface area contributed by atoms with Crippen LogP contribution in [0.3, 0.4) is 0 Å². The van der Waals surface area contributed by atoms with Crippen LogP contribution in [0.4, 0.5) is 0 Å². The molecule has 1 amide bonds. The fourth-order valence-electron chi connectivity index (χ4n) is 2.60. The minimum atomic E-state index is 0.164. The van der Waals surface area contributed by atoms with E-state index in [1.807, 2.05) is 36.1 Å². The first kappa shape index (κ1) is 13.1. The molecule has 1 saturated heterocycles. The average molecular weight is 246 g/mol. The number of rotatable bonds is 3. The van der Waals surface area contributed by atoms with Crippen molar-refractivity contribution in [2.24, 2.45) is 11.7 Å². The van der Waals surface area contributed by atoms with E-state index in [4.69, 9.17) is 5.73 Å². The summed E-state index contributed by atoms with van der Waals surface area (Å²) in [6, 6.07) is 7.83. The van der Waals surface area contributed by atoms with Gasteiger partial charge in [0, 0.05) is 18.7 Å².